The van der Waals surface area contributed by atoms with Crippen molar-refractivity contribution in [1.29, 1.82) is 0 Å². The number of phenolic OH excluding ortho intramolecular Hbond substituents is 1. The number of aliphatic hydroxyl groups is 1. The van der Waals surface area contributed by atoms with E-state index in [1.54, 1.807) is 56.7 Å². The van der Waals surface area contributed by atoms with Gasteiger partial charge < -0.3 is 140 Å². The Morgan fingerprint density at radius 2 is 1.20 bits per heavy atom. The van der Waals surface area contributed by atoms with Crippen molar-refractivity contribution >= 4 is 158 Å². The number of hydrogen-bond acceptors (Lipinski definition) is 27. The first-order valence-electron chi connectivity index (χ1n) is 40.6. The number of primary amides is 1. The molecule has 2 aliphatic rings. The molecule has 3 aromatic rings. The summed E-state index contributed by atoms with van der Waals surface area (Å²) in [6.45, 7) is 0.318. The van der Waals surface area contributed by atoms with E-state index in [9.17, 15) is 77.3 Å². The van der Waals surface area contributed by atoms with Crippen LogP contribution in [0.5, 0.6) is 5.75 Å². The molecule has 0 bridgehead atoms. The van der Waals surface area contributed by atoms with Crippen LogP contribution >= 0.6 is 45.1 Å². The Balaban J connectivity index is 1.67. The summed E-state index contributed by atoms with van der Waals surface area (Å²) in [7, 11) is 1.63. The SMILES string of the molecule is CC[C@H](C)[C@@H]1NC(=O)[C@@H](CCCN=C(N)N)NC(=O)[C@H](CC=O)NC(=O)[C@@H](CCSC)NC(=O)[C@@H]2[C@H](CCN=C(N)N)CCN2C(=O)CNC(=O)CNC(=O)[C@@H](Cc2ccccc2)NC(=O)[C@H](Cc2c[nH]cn2)NC(=O)[C@@H](NC(=O)[C@@H](N)CCSC)CSSC[C@H](C(=O)N[C@@H](Cc2ccc(O)cc2)C(=O)N[C@@H](CCCN=C(N)N)C(N)=O)NC(=O)[C@@H](CO)NC1=O. The lowest BCUT2D eigenvalue weighted by Gasteiger charge is -2.30. The summed E-state index contributed by atoms with van der Waals surface area (Å²) in [4.78, 5) is 250. The van der Waals surface area contributed by atoms with E-state index in [0.717, 1.165) is 21.6 Å². The van der Waals surface area contributed by atoms with Gasteiger partial charge in [-0.25, -0.2) is 4.98 Å². The van der Waals surface area contributed by atoms with Crippen molar-refractivity contribution < 1.29 is 86.9 Å². The standard InChI is InChI=1S/C77H119N27O18S4/c1-5-41(2)60-73(121)100-55(37-106)70(118)102-57(72(120)98-53(32-43-15-17-46(107)18-16-43)68(116)93-48(62(79)110)13-9-24-87-75(80)81)39-126-125-38-56(101-63(111)47(78)22-29-123-3)71(119)99-54(33-45-34-86-40-92-45)69(117)97-52(31-42-11-7-6-8-12-42)64(112)91-35-58(108)90-36-59(109)104-27-20-44(19-26-89-77(84)85)61(104)74(122)96-51(23-30-124-4)66(114)95-50(21-28-105)65(113)94-49(67(115)103-60)14-10-25-88-76(82)83/h6-8,11-12,15-18,28,34,40-41,44,47-57,60-61,106-107H,5,9-10,13-14,19-27,29-33,35-39,78H2,1-4H3,(H2,79,110)(H,86,92)(H,90,108)(H,91,112)(H,93,116)(H,94,113)(H,95,114)(H,96,122)(H,97,117)(H,98,120)(H,99,119)(H,100,121)(H,101,111)(H,102,118)(H,103,115)(H4,80,81,87)(H4,82,83,88)(H4,84,85,89)/t41-,44+,47-,48-,49+,50-,51+,52+,53-,54-,55+,56-,57+,60-,61-/m0/s1. The number of carbonyl (C=O) groups excluding carboxylic acids is 16. The Kier molecular flexibility index (Phi) is 46.3. The molecule has 2 aromatic carbocycles. The molecule has 3 heterocycles. The summed E-state index contributed by atoms with van der Waals surface area (Å²) in [5.74, 6) is -17.7. The number of nitrogens with zero attached hydrogens (tertiary/aromatic N) is 5. The number of benzene rings is 2. The summed E-state index contributed by atoms with van der Waals surface area (Å²) in [5, 5.41) is 54.6. The molecule has 0 radical (unpaired) electrons. The minimum Gasteiger partial charge on any atom is -0.508 e. The number of guanidine groups is 3. The molecular formula is C77H119N27O18S4. The predicted octanol–water partition coefficient (Wildman–Crippen LogP) is -7.96. The van der Waals surface area contributed by atoms with Crippen LogP contribution in [0.15, 0.2) is 82.1 Å². The molecule has 2 aliphatic heterocycles. The van der Waals surface area contributed by atoms with Crippen molar-refractivity contribution in [2.24, 2.45) is 72.7 Å². The van der Waals surface area contributed by atoms with E-state index in [1.165, 1.54) is 65.2 Å². The van der Waals surface area contributed by atoms with E-state index in [4.69, 9.17) is 45.9 Å². The molecule has 0 spiro atoms. The average molecular weight is 1840 g/mol. The fourth-order valence-corrected chi connectivity index (χ4v) is 16.2. The molecule has 49 heteroatoms. The van der Waals surface area contributed by atoms with Gasteiger partial charge in [-0.05, 0) is 110 Å². The first kappa shape index (κ1) is 105. The van der Waals surface area contributed by atoms with Gasteiger partial charge in [-0.2, -0.15) is 23.5 Å². The third kappa shape index (κ3) is 36.8. The maximum absolute atomic E-state index is 15.2. The van der Waals surface area contributed by atoms with Gasteiger partial charge in [-0.3, -0.25) is 86.9 Å². The zero-order valence-electron chi connectivity index (χ0n) is 70.5. The van der Waals surface area contributed by atoms with E-state index in [1.807, 2.05) is 0 Å². The highest BCUT2D eigenvalue weighted by Gasteiger charge is 2.44. The number of rotatable bonds is 35. The minimum absolute atomic E-state index is 0.00692. The quantitative estimate of drug-likeness (QED) is 0.00855. The van der Waals surface area contributed by atoms with Gasteiger partial charge in [-0.1, -0.05) is 84.3 Å². The third-order valence-electron chi connectivity index (χ3n) is 20.1. The number of aromatic nitrogens is 2. The number of amides is 15. The number of aliphatic hydroxyl groups excluding tert-OH is 1. The van der Waals surface area contributed by atoms with Crippen molar-refractivity contribution in [2.75, 3.05) is 81.4 Å². The Morgan fingerprint density at radius 1 is 0.611 bits per heavy atom. The van der Waals surface area contributed by atoms with Crippen molar-refractivity contribution in [3.05, 3.63) is 83.9 Å². The number of fused-ring (bicyclic) bond motifs is 1. The van der Waals surface area contributed by atoms with Crippen LogP contribution in [-0.2, 0) is 96.0 Å². The number of hydrogen-bond donors (Lipinski definition) is 24. The molecule has 45 nitrogen and oxygen atoms in total. The maximum Gasteiger partial charge on any atom is 0.245 e. The fourth-order valence-electron chi connectivity index (χ4n) is 13.0. The van der Waals surface area contributed by atoms with Gasteiger partial charge in [0, 0.05) is 69.6 Å². The summed E-state index contributed by atoms with van der Waals surface area (Å²) in [5.41, 5.74) is 46.7. The third-order valence-corrected chi connectivity index (χ3v) is 23.8. The lowest BCUT2D eigenvalue weighted by molar-refractivity contribution is -0.141. The van der Waals surface area contributed by atoms with E-state index in [-0.39, 0.29) is 138 Å². The van der Waals surface area contributed by atoms with Crippen molar-refractivity contribution in [3.63, 3.8) is 0 Å². The number of aromatic amines is 1. The second-order valence-corrected chi connectivity index (χ2v) is 34.1. The molecular weight excluding hydrogens is 1720 g/mol. The van der Waals surface area contributed by atoms with Gasteiger partial charge in [0.1, 0.15) is 84.5 Å². The van der Waals surface area contributed by atoms with Gasteiger partial charge >= 0.3 is 0 Å². The molecule has 0 unspecified atom stereocenters. The van der Waals surface area contributed by atoms with E-state index < -0.39 is 217 Å². The van der Waals surface area contributed by atoms with Crippen LogP contribution < -0.4 is 115 Å². The topological polar surface area (TPSA) is 747 Å². The molecule has 15 amide bonds. The Labute approximate surface area is 744 Å². The highest BCUT2D eigenvalue weighted by Crippen LogP contribution is 2.29. The minimum atomic E-state index is -1.98. The molecule has 32 N–H and O–H groups in total. The van der Waals surface area contributed by atoms with E-state index in [2.05, 4.69) is 94.1 Å². The number of aromatic hydroxyl groups is 1. The van der Waals surface area contributed by atoms with Gasteiger partial charge in [0.25, 0.3) is 0 Å². The predicted molar refractivity (Wildman–Crippen MR) is 476 cm³/mol. The Bertz CT molecular complexity index is 4230. The molecule has 0 aliphatic carbocycles. The van der Waals surface area contributed by atoms with Gasteiger partial charge in [0.05, 0.1) is 37.8 Å². The summed E-state index contributed by atoms with van der Waals surface area (Å²) < 4.78 is 0. The molecule has 694 valence electrons. The number of H-pyrrole nitrogens is 1. The molecule has 2 fully saturated rings. The number of thioether (sulfide) groups is 2. The van der Waals surface area contributed by atoms with Gasteiger partial charge in [0.15, 0.2) is 17.9 Å². The van der Waals surface area contributed by atoms with Gasteiger partial charge in [-0.15, -0.1) is 0 Å². The zero-order chi connectivity index (χ0) is 93.0. The smallest absolute Gasteiger partial charge is 0.245 e. The summed E-state index contributed by atoms with van der Waals surface area (Å²) in [6, 6.07) is -6.77. The normalized spacial score (nSPS) is 22.6. The lowest BCUT2D eigenvalue weighted by Crippen LogP contribution is -2.62. The van der Waals surface area contributed by atoms with Crippen LogP contribution in [0, 0.1) is 11.8 Å². The number of carbonyl (C=O) groups is 16. The van der Waals surface area contributed by atoms with Crippen molar-refractivity contribution in [3.8, 4) is 5.75 Å². The molecule has 126 heavy (non-hydrogen) atoms. The Morgan fingerprint density at radius 3 is 1.83 bits per heavy atom. The summed E-state index contributed by atoms with van der Waals surface area (Å²) in [6.07, 6.45) is 5.14. The molecule has 2 saturated heterocycles. The van der Waals surface area contributed by atoms with E-state index >= 15 is 9.59 Å². The monoisotopic (exact) mass is 1840 g/mol. The number of aliphatic imine (C=N–C) groups is 3. The number of aldehydes is 1. The number of nitrogens with one attached hydrogen (secondary N) is 14. The second kappa shape index (κ2) is 55.6. The van der Waals surface area contributed by atoms with Crippen molar-refractivity contribution in [2.45, 2.75) is 176 Å². The summed E-state index contributed by atoms with van der Waals surface area (Å²) >= 11 is 2.65. The van der Waals surface area contributed by atoms with Crippen molar-refractivity contribution in [1.82, 2.24) is 84.0 Å². The van der Waals surface area contributed by atoms with Crippen LogP contribution in [0.2, 0.25) is 0 Å². The van der Waals surface area contributed by atoms with E-state index in [0.29, 0.717) is 23.2 Å². The fraction of sp³-hybridized carbons (Fsp3) is 0.558. The van der Waals surface area contributed by atoms with Crippen LogP contribution in [0.4, 0.5) is 0 Å². The highest BCUT2D eigenvalue weighted by atomic mass is 33.1. The lowest BCUT2D eigenvalue weighted by atomic mass is 9.95. The van der Waals surface area contributed by atoms with Crippen LogP contribution in [-0.4, -0.2) is 298 Å². The highest BCUT2D eigenvalue weighted by molar-refractivity contribution is 8.76. The second-order valence-electron chi connectivity index (χ2n) is 29.6. The first-order valence-corrected chi connectivity index (χ1v) is 45.8. The maximum atomic E-state index is 15.2. The van der Waals surface area contributed by atoms with Crippen LogP contribution in [0.25, 0.3) is 0 Å². The Hall–Kier alpha value is -11.7. The number of phenols is 1. The number of imidazole rings is 1. The average Bonchev–Trinajstić information content (AvgIpc) is 1.66. The van der Waals surface area contributed by atoms with Crippen LogP contribution in [0.1, 0.15) is 94.9 Å². The zero-order valence-corrected chi connectivity index (χ0v) is 73.7. The first-order chi connectivity index (χ1) is 60.1. The molecule has 1 aromatic heterocycles. The largest absolute Gasteiger partial charge is 0.508 e. The molecule has 15 atom stereocenters. The molecule has 5 rings (SSSR count). The molecule has 0 saturated carbocycles. The number of nitrogens with two attached hydrogens (primary N) is 8. The van der Waals surface area contributed by atoms with Gasteiger partial charge in [0.2, 0.25) is 88.6 Å². The van der Waals surface area contributed by atoms with Crippen LogP contribution in [0.3, 0.4) is 0 Å².